The quantitative estimate of drug-likeness (QED) is 0.644. The summed E-state index contributed by atoms with van der Waals surface area (Å²) in [5.74, 6) is 0.825. The van der Waals surface area contributed by atoms with Crippen LogP contribution in [0.1, 0.15) is 29.9 Å². The van der Waals surface area contributed by atoms with Gasteiger partial charge in [-0.05, 0) is 29.7 Å². The maximum atomic E-state index is 13.0. The van der Waals surface area contributed by atoms with E-state index < -0.39 is 12.2 Å². The lowest BCUT2D eigenvalue weighted by Crippen LogP contribution is -2.43. The van der Waals surface area contributed by atoms with Gasteiger partial charge in [0.2, 0.25) is 12.9 Å². The molecule has 130 valence electrons. The molecule has 0 N–H and O–H groups in total. The molecule has 0 aromatic heterocycles. The van der Waals surface area contributed by atoms with Crippen molar-refractivity contribution in [3.05, 3.63) is 23.3 Å². The monoisotopic (exact) mass is 361 g/mol. The van der Waals surface area contributed by atoms with Crippen LogP contribution in [0, 0.1) is 0 Å². The number of Topliss-reactive ketones (excluding diaryl/α,β-unsaturated/α-hetero) is 1. The number of hydrogen-bond acceptors (Lipinski definition) is 7. The van der Waals surface area contributed by atoms with E-state index in [2.05, 4.69) is 0 Å². The summed E-state index contributed by atoms with van der Waals surface area (Å²) in [5.41, 5.74) is 1.82. The fourth-order valence-electron chi connectivity index (χ4n) is 3.98. The molecule has 0 aliphatic carbocycles. The van der Waals surface area contributed by atoms with E-state index in [9.17, 15) is 9.59 Å². The second-order valence-electron chi connectivity index (χ2n) is 6.62. The zero-order chi connectivity index (χ0) is 17.1. The minimum atomic E-state index is -0.842. The Bertz CT molecular complexity index is 809. The van der Waals surface area contributed by atoms with E-state index in [1.807, 2.05) is 12.1 Å². The summed E-state index contributed by atoms with van der Waals surface area (Å²) in [6.45, 7) is 1.05. The van der Waals surface area contributed by atoms with Crippen molar-refractivity contribution in [3.8, 4) is 11.5 Å². The third-order valence-electron chi connectivity index (χ3n) is 5.21. The fraction of sp³-hybridized carbons (Fsp3) is 0.471. The predicted molar refractivity (Wildman–Crippen MR) is 87.3 cm³/mol. The molecule has 3 atom stereocenters. The Morgan fingerprint density at radius 2 is 1.92 bits per heavy atom. The Labute approximate surface area is 148 Å². The molecule has 7 nitrogen and oxygen atoms in total. The van der Waals surface area contributed by atoms with Crippen molar-refractivity contribution in [3.63, 3.8) is 0 Å². The highest BCUT2D eigenvalue weighted by atomic mass is 32.1. The minimum absolute atomic E-state index is 0.0277. The fourth-order valence-corrected chi connectivity index (χ4v) is 4.21. The summed E-state index contributed by atoms with van der Waals surface area (Å²) in [6, 6.07) is 3.75. The van der Waals surface area contributed by atoms with Gasteiger partial charge < -0.3 is 23.8 Å². The standard InChI is InChI=1S/C17H15NO6S/c19-11-5-14-15(24-17(25)23-14)16(20)18-2-1-9(11)10-4-13-12(21-7-22-13)3-8(10)6-18/h3-4,9,14-15H,1-2,5-7H2/t9-,14-,15+/m1/s1. The van der Waals surface area contributed by atoms with Crippen molar-refractivity contribution < 1.29 is 28.5 Å². The van der Waals surface area contributed by atoms with Gasteiger partial charge in [-0.2, -0.15) is 0 Å². The second-order valence-corrected chi connectivity index (χ2v) is 6.95. The van der Waals surface area contributed by atoms with E-state index in [0.717, 1.165) is 11.1 Å². The van der Waals surface area contributed by atoms with Gasteiger partial charge in [0.1, 0.15) is 5.78 Å². The first-order valence-electron chi connectivity index (χ1n) is 8.21. The zero-order valence-electron chi connectivity index (χ0n) is 13.2. The maximum Gasteiger partial charge on any atom is 0.353 e. The highest BCUT2D eigenvalue weighted by Crippen LogP contribution is 2.42. The number of ether oxygens (including phenoxy) is 4. The number of benzene rings is 1. The van der Waals surface area contributed by atoms with Crippen molar-refractivity contribution in [1.29, 1.82) is 0 Å². The number of thiocarbonyl (C=S) groups is 1. The SMILES string of the molecule is O=C1C[C@H]2OC(=S)O[C@@H]2C(=O)N2CC[C@@H]1c1cc3c(cc1C2)OCO3. The summed E-state index contributed by atoms with van der Waals surface area (Å²) in [6.07, 6.45) is -0.818. The number of nitrogens with zero attached hydrogens (tertiary/aromatic N) is 1. The summed E-state index contributed by atoms with van der Waals surface area (Å²) in [7, 11) is 0. The average Bonchev–Trinajstić information content (AvgIpc) is 3.13. The van der Waals surface area contributed by atoms with Gasteiger partial charge in [0, 0.05) is 37.6 Å². The van der Waals surface area contributed by atoms with E-state index in [0.29, 0.717) is 31.0 Å². The Morgan fingerprint density at radius 3 is 2.76 bits per heavy atom. The molecule has 8 heteroatoms. The molecular formula is C17H15NO6S. The van der Waals surface area contributed by atoms with E-state index in [1.165, 1.54) is 0 Å². The van der Waals surface area contributed by atoms with Gasteiger partial charge >= 0.3 is 5.24 Å². The van der Waals surface area contributed by atoms with Crippen LogP contribution >= 0.6 is 12.2 Å². The van der Waals surface area contributed by atoms with E-state index in [1.54, 1.807) is 4.90 Å². The van der Waals surface area contributed by atoms with E-state index in [4.69, 9.17) is 31.2 Å². The van der Waals surface area contributed by atoms with Gasteiger partial charge in [0.15, 0.2) is 17.6 Å². The van der Waals surface area contributed by atoms with Gasteiger partial charge in [0.25, 0.3) is 5.91 Å². The molecule has 2 fully saturated rings. The molecule has 2 saturated heterocycles. The first-order valence-corrected chi connectivity index (χ1v) is 8.62. The highest BCUT2D eigenvalue weighted by molar-refractivity contribution is 7.79. The van der Waals surface area contributed by atoms with Crippen molar-refractivity contribution in [2.45, 2.75) is 37.5 Å². The molecule has 0 unspecified atom stereocenters. The van der Waals surface area contributed by atoms with Gasteiger partial charge in [-0.15, -0.1) is 0 Å². The summed E-state index contributed by atoms with van der Waals surface area (Å²) >= 11 is 4.93. The topological polar surface area (TPSA) is 74.3 Å². The molecule has 5 rings (SSSR count). The lowest BCUT2D eigenvalue weighted by atomic mass is 9.86. The van der Waals surface area contributed by atoms with Crippen LogP contribution in [-0.4, -0.2) is 47.4 Å². The van der Waals surface area contributed by atoms with Crippen LogP contribution < -0.4 is 9.47 Å². The molecular weight excluding hydrogens is 346 g/mol. The molecule has 2 bridgehead atoms. The lowest BCUT2D eigenvalue weighted by Gasteiger charge is -2.25. The molecule has 0 spiro atoms. The van der Waals surface area contributed by atoms with Gasteiger partial charge in [0.05, 0.1) is 0 Å². The molecule has 4 heterocycles. The molecule has 1 aromatic carbocycles. The van der Waals surface area contributed by atoms with Crippen LogP contribution in [0.2, 0.25) is 0 Å². The van der Waals surface area contributed by atoms with Gasteiger partial charge in [-0.3, -0.25) is 9.59 Å². The molecule has 25 heavy (non-hydrogen) atoms. The molecule has 4 aliphatic rings. The molecule has 0 saturated carbocycles. The van der Waals surface area contributed by atoms with Crippen LogP contribution in [0.25, 0.3) is 0 Å². The summed E-state index contributed by atoms with van der Waals surface area (Å²) in [4.78, 5) is 27.6. The smallest absolute Gasteiger partial charge is 0.353 e. The molecule has 0 radical (unpaired) electrons. The number of carbonyl (C=O) groups excluding carboxylic acids is 2. The Balaban J connectivity index is 1.62. The first kappa shape index (κ1) is 14.9. The number of carbonyl (C=O) groups is 2. The predicted octanol–water partition coefficient (Wildman–Crippen LogP) is 1.27. The number of rotatable bonds is 0. The number of amides is 1. The van der Waals surface area contributed by atoms with Crippen molar-refractivity contribution in [2.75, 3.05) is 13.3 Å². The van der Waals surface area contributed by atoms with E-state index in [-0.39, 0.29) is 36.1 Å². The van der Waals surface area contributed by atoms with Crippen LogP contribution in [0.3, 0.4) is 0 Å². The highest BCUT2D eigenvalue weighted by Gasteiger charge is 2.46. The number of ketones is 1. The Hall–Kier alpha value is -2.35. The van der Waals surface area contributed by atoms with Gasteiger partial charge in [-0.1, -0.05) is 0 Å². The first-order chi connectivity index (χ1) is 12.1. The minimum Gasteiger partial charge on any atom is -0.454 e. The maximum absolute atomic E-state index is 13.0. The number of fused-ring (bicyclic) bond motifs is 7. The zero-order valence-corrected chi connectivity index (χ0v) is 14.0. The third kappa shape index (κ3) is 2.27. The second kappa shape index (κ2) is 5.32. The third-order valence-corrected chi connectivity index (χ3v) is 5.41. The number of hydrogen-bond donors (Lipinski definition) is 0. The normalized spacial score (nSPS) is 29.8. The van der Waals surface area contributed by atoms with Crippen LogP contribution in [0.15, 0.2) is 12.1 Å². The van der Waals surface area contributed by atoms with Crippen LogP contribution in [0.4, 0.5) is 0 Å². The van der Waals surface area contributed by atoms with Crippen molar-refractivity contribution in [2.24, 2.45) is 0 Å². The van der Waals surface area contributed by atoms with Crippen molar-refractivity contribution >= 4 is 29.1 Å². The Kier molecular flexibility index (Phi) is 3.18. The lowest BCUT2D eigenvalue weighted by molar-refractivity contribution is -0.140. The van der Waals surface area contributed by atoms with Crippen LogP contribution in [-0.2, 0) is 25.6 Å². The van der Waals surface area contributed by atoms with E-state index >= 15 is 0 Å². The molecule has 1 amide bonds. The van der Waals surface area contributed by atoms with Crippen LogP contribution in [0.5, 0.6) is 11.5 Å². The van der Waals surface area contributed by atoms with Gasteiger partial charge in [-0.25, -0.2) is 0 Å². The average molecular weight is 361 g/mol. The van der Waals surface area contributed by atoms with Crippen molar-refractivity contribution in [1.82, 2.24) is 4.90 Å². The summed E-state index contributed by atoms with van der Waals surface area (Å²) < 4.78 is 21.7. The Morgan fingerprint density at radius 1 is 1.12 bits per heavy atom. The largest absolute Gasteiger partial charge is 0.454 e. The molecule has 1 aromatic rings. The summed E-state index contributed by atoms with van der Waals surface area (Å²) in [5, 5.41) is -0.0641. The molecule has 4 aliphatic heterocycles.